The normalized spacial score (nSPS) is 15.9. The molecule has 0 saturated carbocycles. The number of carbonyl (C=O) groups excluding carboxylic acids is 2. The molecule has 1 atom stereocenters. The van der Waals surface area contributed by atoms with E-state index >= 15 is 0 Å². The van der Waals surface area contributed by atoms with Crippen molar-refractivity contribution >= 4 is 17.5 Å². The summed E-state index contributed by atoms with van der Waals surface area (Å²) in [7, 11) is 0. The highest BCUT2D eigenvalue weighted by molar-refractivity contribution is 5.92. The van der Waals surface area contributed by atoms with Crippen LogP contribution in [0.3, 0.4) is 0 Å². The number of carbonyl (C=O) groups is 2. The number of amides is 2. The molecule has 1 N–H and O–H groups in total. The minimum absolute atomic E-state index is 0.0127. The molecule has 1 aliphatic heterocycles. The second-order valence-corrected chi connectivity index (χ2v) is 7.59. The molecule has 1 fully saturated rings. The SMILES string of the molecule is Cc1ccc(NC(=O)CN2CCN(C(=O)CC(C)c3ccccc3)CC2)cc1. The van der Waals surface area contributed by atoms with Crippen LogP contribution in [-0.2, 0) is 9.59 Å². The summed E-state index contributed by atoms with van der Waals surface area (Å²) in [6.45, 7) is 7.29. The molecule has 0 spiro atoms. The lowest BCUT2D eigenvalue weighted by molar-refractivity contribution is -0.133. The highest BCUT2D eigenvalue weighted by atomic mass is 16.2. The predicted molar refractivity (Wildman–Crippen MR) is 112 cm³/mol. The first-order chi connectivity index (χ1) is 13.5. The molecule has 1 unspecified atom stereocenters. The summed E-state index contributed by atoms with van der Waals surface area (Å²) >= 11 is 0. The van der Waals surface area contributed by atoms with E-state index in [1.807, 2.05) is 54.3 Å². The van der Waals surface area contributed by atoms with Gasteiger partial charge in [0.15, 0.2) is 0 Å². The van der Waals surface area contributed by atoms with Crippen molar-refractivity contribution in [3.63, 3.8) is 0 Å². The van der Waals surface area contributed by atoms with E-state index in [2.05, 4.69) is 29.3 Å². The quantitative estimate of drug-likeness (QED) is 0.838. The molecule has 0 radical (unpaired) electrons. The summed E-state index contributed by atoms with van der Waals surface area (Å²) < 4.78 is 0. The van der Waals surface area contributed by atoms with Crippen molar-refractivity contribution in [2.45, 2.75) is 26.2 Å². The Labute approximate surface area is 167 Å². The molecule has 0 aromatic heterocycles. The monoisotopic (exact) mass is 379 g/mol. The summed E-state index contributed by atoms with van der Waals surface area (Å²) in [5, 5.41) is 2.93. The third-order valence-electron chi connectivity index (χ3n) is 5.28. The van der Waals surface area contributed by atoms with Crippen molar-refractivity contribution in [2.75, 3.05) is 38.0 Å². The Hall–Kier alpha value is -2.66. The van der Waals surface area contributed by atoms with E-state index in [9.17, 15) is 9.59 Å². The molecule has 2 aromatic rings. The maximum atomic E-state index is 12.6. The van der Waals surface area contributed by atoms with Crippen LogP contribution in [0.15, 0.2) is 54.6 Å². The van der Waals surface area contributed by atoms with Gasteiger partial charge in [0.1, 0.15) is 0 Å². The third-order valence-corrected chi connectivity index (χ3v) is 5.28. The number of piperazine rings is 1. The van der Waals surface area contributed by atoms with Crippen LogP contribution in [0.2, 0.25) is 0 Å². The summed E-state index contributed by atoms with van der Waals surface area (Å²) in [6.07, 6.45) is 0.526. The molecule has 3 rings (SSSR count). The van der Waals surface area contributed by atoms with E-state index in [-0.39, 0.29) is 17.7 Å². The van der Waals surface area contributed by atoms with Crippen molar-refractivity contribution < 1.29 is 9.59 Å². The van der Waals surface area contributed by atoms with Gasteiger partial charge in [-0.25, -0.2) is 0 Å². The Morgan fingerprint density at radius 2 is 1.61 bits per heavy atom. The molecule has 0 aliphatic carbocycles. The Balaban J connectivity index is 1.41. The fourth-order valence-corrected chi connectivity index (χ4v) is 3.49. The molecule has 5 nitrogen and oxygen atoms in total. The van der Waals surface area contributed by atoms with Gasteiger partial charge in [0.2, 0.25) is 11.8 Å². The lowest BCUT2D eigenvalue weighted by atomic mass is 9.97. The largest absolute Gasteiger partial charge is 0.340 e. The number of hydrogen-bond donors (Lipinski definition) is 1. The maximum Gasteiger partial charge on any atom is 0.238 e. The van der Waals surface area contributed by atoms with Gasteiger partial charge in [-0.1, -0.05) is 55.0 Å². The number of nitrogens with zero attached hydrogens (tertiary/aromatic N) is 2. The zero-order chi connectivity index (χ0) is 19.9. The second-order valence-electron chi connectivity index (χ2n) is 7.59. The van der Waals surface area contributed by atoms with Crippen LogP contribution in [0, 0.1) is 6.92 Å². The third kappa shape index (κ3) is 5.67. The van der Waals surface area contributed by atoms with Gasteiger partial charge in [0.25, 0.3) is 0 Å². The minimum Gasteiger partial charge on any atom is -0.340 e. The second kappa shape index (κ2) is 9.51. The average Bonchev–Trinajstić information content (AvgIpc) is 2.71. The molecule has 2 amide bonds. The molecule has 28 heavy (non-hydrogen) atoms. The number of nitrogens with one attached hydrogen (secondary N) is 1. The van der Waals surface area contributed by atoms with Crippen LogP contribution < -0.4 is 5.32 Å². The van der Waals surface area contributed by atoms with Gasteiger partial charge in [-0.3, -0.25) is 14.5 Å². The number of rotatable bonds is 6. The molecule has 1 aliphatic rings. The van der Waals surface area contributed by atoms with E-state index in [4.69, 9.17) is 0 Å². The van der Waals surface area contributed by atoms with Gasteiger partial charge in [0.05, 0.1) is 6.54 Å². The number of benzene rings is 2. The average molecular weight is 380 g/mol. The van der Waals surface area contributed by atoms with Crippen LogP contribution in [0.4, 0.5) is 5.69 Å². The molecule has 1 saturated heterocycles. The van der Waals surface area contributed by atoms with Crippen LogP contribution in [-0.4, -0.2) is 54.3 Å². The number of anilines is 1. The Morgan fingerprint density at radius 1 is 0.964 bits per heavy atom. The Morgan fingerprint density at radius 3 is 2.25 bits per heavy atom. The van der Waals surface area contributed by atoms with Gasteiger partial charge >= 0.3 is 0 Å². The van der Waals surface area contributed by atoms with Crippen molar-refractivity contribution in [3.05, 3.63) is 65.7 Å². The predicted octanol–water partition coefficient (Wildman–Crippen LogP) is 3.27. The fourth-order valence-electron chi connectivity index (χ4n) is 3.49. The highest BCUT2D eigenvalue weighted by Crippen LogP contribution is 2.20. The van der Waals surface area contributed by atoms with Crippen molar-refractivity contribution in [1.29, 1.82) is 0 Å². The lowest BCUT2D eigenvalue weighted by Crippen LogP contribution is -2.50. The topological polar surface area (TPSA) is 52.7 Å². The van der Waals surface area contributed by atoms with E-state index in [1.54, 1.807) is 0 Å². The molecular formula is C23H29N3O2. The molecule has 0 bridgehead atoms. The van der Waals surface area contributed by atoms with Crippen molar-refractivity contribution in [2.24, 2.45) is 0 Å². The van der Waals surface area contributed by atoms with Gasteiger partial charge in [-0.15, -0.1) is 0 Å². The van der Waals surface area contributed by atoms with Crippen molar-refractivity contribution in [3.8, 4) is 0 Å². The summed E-state index contributed by atoms with van der Waals surface area (Å²) in [5.74, 6) is 0.397. The first-order valence-corrected chi connectivity index (χ1v) is 9.93. The molecule has 2 aromatic carbocycles. The van der Waals surface area contributed by atoms with Gasteiger partial charge < -0.3 is 10.2 Å². The van der Waals surface area contributed by atoms with Gasteiger partial charge in [-0.2, -0.15) is 0 Å². The van der Waals surface area contributed by atoms with Crippen LogP contribution in [0.25, 0.3) is 0 Å². The van der Waals surface area contributed by atoms with E-state index < -0.39 is 0 Å². The summed E-state index contributed by atoms with van der Waals surface area (Å²) in [5.41, 5.74) is 3.18. The Bertz CT molecular complexity index is 781. The fraction of sp³-hybridized carbons (Fsp3) is 0.391. The number of hydrogen-bond acceptors (Lipinski definition) is 3. The van der Waals surface area contributed by atoms with E-state index in [0.717, 1.165) is 18.8 Å². The van der Waals surface area contributed by atoms with Gasteiger partial charge in [0, 0.05) is 38.3 Å². The molecule has 148 valence electrons. The lowest BCUT2D eigenvalue weighted by Gasteiger charge is -2.34. The Kier molecular flexibility index (Phi) is 6.82. The van der Waals surface area contributed by atoms with Crippen LogP contribution >= 0.6 is 0 Å². The molecule has 5 heteroatoms. The van der Waals surface area contributed by atoms with Crippen molar-refractivity contribution in [1.82, 2.24) is 9.80 Å². The summed E-state index contributed by atoms with van der Waals surface area (Å²) in [4.78, 5) is 28.9. The van der Waals surface area contributed by atoms with E-state index in [0.29, 0.717) is 26.1 Å². The van der Waals surface area contributed by atoms with E-state index in [1.165, 1.54) is 11.1 Å². The van der Waals surface area contributed by atoms with Crippen LogP contribution in [0.5, 0.6) is 0 Å². The number of aryl methyl sites for hydroxylation is 1. The van der Waals surface area contributed by atoms with Crippen LogP contribution in [0.1, 0.15) is 30.4 Å². The standard InChI is InChI=1S/C23H29N3O2/c1-18-8-10-21(11-9-18)24-22(27)17-25-12-14-26(15-13-25)23(28)16-19(2)20-6-4-3-5-7-20/h3-11,19H,12-17H2,1-2H3,(H,24,27). The van der Waals surface area contributed by atoms with Gasteiger partial charge in [-0.05, 0) is 30.5 Å². The zero-order valence-electron chi connectivity index (χ0n) is 16.7. The highest BCUT2D eigenvalue weighted by Gasteiger charge is 2.23. The first-order valence-electron chi connectivity index (χ1n) is 9.93. The molecular weight excluding hydrogens is 350 g/mol. The maximum absolute atomic E-state index is 12.6. The summed E-state index contributed by atoms with van der Waals surface area (Å²) in [6, 6.07) is 18.0. The zero-order valence-corrected chi connectivity index (χ0v) is 16.7. The molecule has 1 heterocycles. The minimum atomic E-state index is -0.0127. The smallest absolute Gasteiger partial charge is 0.238 e. The first kappa shape index (κ1) is 20.1.